The smallest absolute Gasteiger partial charge is 0.329 e. The molecule has 5 atom stereocenters. The van der Waals surface area contributed by atoms with E-state index in [0.717, 1.165) is 0 Å². The Labute approximate surface area is 110 Å². The van der Waals surface area contributed by atoms with Gasteiger partial charge in [0.1, 0.15) is 12.6 Å². The Bertz CT molecular complexity index is 335. The Morgan fingerprint density at radius 3 is 2.53 bits per heavy atom. The minimum atomic E-state index is -1.20. The molecule has 19 heavy (non-hydrogen) atoms. The van der Waals surface area contributed by atoms with Crippen LogP contribution in [0.4, 0.5) is 0 Å². The summed E-state index contributed by atoms with van der Waals surface area (Å²) in [7, 11) is 0. The van der Waals surface area contributed by atoms with Crippen LogP contribution >= 0.6 is 0 Å². The van der Waals surface area contributed by atoms with Crippen molar-refractivity contribution in [2.45, 2.75) is 38.4 Å². The predicted octanol–water partition coefficient (Wildman–Crippen LogP) is -1.69. The molecule has 8 nitrogen and oxygen atoms in total. The molecule has 8 heteroatoms. The molecular weight excluding hydrogens is 258 g/mol. The molecular formula is C11H19NO7. The van der Waals surface area contributed by atoms with Gasteiger partial charge in [-0.1, -0.05) is 6.92 Å². The van der Waals surface area contributed by atoms with E-state index < -0.39 is 48.9 Å². The van der Waals surface area contributed by atoms with Gasteiger partial charge in [-0.05, 0) is 0 Å². The summed E-state index contributed by atoms with van der Waals surface area (Å²) >= 11 is 0. The Hall–Kier alpha value is -1.22. The van der Waals surface area contributed by atoms with Crippen LogP contribution in [0, 0.1) is 5.92 Å². The third-order valence-corrected chi connectivity index (χ3v) is 3.02. The van der Waals surface area contributed by atoms with Gasteiger partial charge in [0.2, 0.25) is 5.91 Å². The molecule has 1 aliphatic rings. The second-order valence-electron chi connectivity index (χ2n) is 4.51. The molecule has 1 amide bonds. The van der Waals surface area contributed by atoms with Crippen molar-refractivity contribution in [3.63, 3.8) is 0 Å². The lowest BCUT2D eigenvalue weighted by Crippen LogP contribution is -2.61. The van der Waals surface area contributed by atoms with Crippen LogP contribution in [-0.4, -0.2) is 64.9 Å². The van der Waals surface area contributed by atoms with Crippen molar-refractivity contribution in [2.24, 2.45) is 5.92 Å². The number of hydrogen-bond acceptors (Lipinski definition) is 6. The first-order valence-corrected chi connectivity index (χ1v) is 5.91. The second-order valence-corrected chi connectivity index (χ2v) is 4.51. The number of carboxylic acid groups (broad SMARTS) is 1. The van der Waals surface area contributed by atoms with Crippen LogP contribution in [0.2, 0.25) is 0 Å². The number of aliphatic hydroxyl groups excluding tert-OH is 2. The van der Waals surface area contributed by atoms with Crippen molar-refractivity contribution in [2.75, 3.05) is 13.2 Å². The average molecular weight is 277 g/mol. The average Bonchev–Trinajstić information content (AvgIpc) is 2.33. The first-order valence-electron chi connectivity index (χ1n) is 5.91. The van der Waals surface area contributed by atoms with Crippen molar-refractivity contribution < 1.29 is 34.4 Å². The zero-order chi connectivity index (χ0) is 14.6. The largest absolute Gasteiger partial charge is 0.480 e. The van der Waals surface area contributed by atoms with Gasteiger partial charge < -0.3 is 30.1 Å². The van der Waals surface area contributed by atoms with E-state index >= 15 is 0 Å². The van der Waals surface area contributed by atoms with Crippen molar-refractivity contribution in [3.05, 3.63) is 0 Å². The molecule has 0 saturated carbocycles. The summed E-state index contributed by atoms with van der Waals surface area (Å²) in [5.41, 5.74) is 0. The van der Waals surface area contributed by atoms with E-state index in [2.05, 4.69) is 5.32 Å². The van der Waals surface area contributed by atoms with E-state index in [1.807, 2.05) is 0 Å². The monoisotopic (exact) mass is 277 g/mol. The minimum Gasteiger partial charge on any atom is -0.480 e. The minimum absolute atomic E-state index is 0.335. The lowest BCUT2D eigenvalue weighted by atomic mass is 9.89. The lowest BCUT2D eigenvalue weighted by molar-refractivity contribution is -0.254. The van der Waals surface area contributed by atoms with Gasteiger partial charge in [-0.25, -0.2) is 4.79 Å². The molecule has 4 N–H and O–H groups in total. The van der Waals surface area contributed by atoms with Crippen LogP contribution in [0.1, 0.15) is 13.8 Å². The Morgan fingerprint density at radius 2 is 2.05 bits per heavy atom. The molecule has 0 spiro atoms. The topological polar surface area (TPSA) is 125 Å². The zero-order valence-electron chi connectivity index (χ0n) is 10.8. The standard InChI is InChI=1S/C11H19NO7/c1-5-7(3-13)19-11(18-4-8(15)16)9(10(5)17)12-6(2)14/h5,7,9-11,13,17H,3-4H2,1-2H3,(H,12,14)(H,15,16). The number of amides is 1. The Morgan fingerprint density at radius 1 is 1.42 bits per heavy atom. The first kappa shape index (κ1) is 15.8. The van der Waals surface area contributed by atoms with Gasteiger partial charge in [0.25, 0.3) is 0 Å². The SMILES string of the molecule is CC(=O)NC1C(OCC(=O)O)OC(CO)C(C)C1O. The molecule has 1 fully saturated rings. The predicted molar refractivity (Wildman–Crippen MR) is 62.1 cm³/mol. The molecule has 0 aromatic heterocycles. The number of aliphatic carboxylic acids is 1. The number of aliphatic hydroxyl groups is 2. The molecule has 5 unspecified atom stereocenters. The summed E-state index contributed by atoms with van der Waals surface area (Å²) in [6, 6.07) is -0.880. The van der Waals surface area contributed by atoms with Crippen LogP contribution in [0.15, 0.2) is 0 Å². The van der Waals surface area contributed by atoms with Gasteiger partial charge in [-0.15, -0.1) is 0 Å². The maximum atomic E-state index is 11.1. The molecule has 0 aliphatic carbocycles. The van der Waals surface area contributed by atoms with Crippen LogP contribution in [0.3, 0.4) is 0 Å². The van der Waals surface area contributed by atoms with E-state index in [1.54, 1.807) is 6.92 Å². The van der Waals surface area contributed by atoms with Gasteiger partial charge in [0.05, 0.1) is 18.8 Å². The highest BCUT2D eigenvalue weighted by Crippen LogP contribution is 2.26. The fourth-order valence-corrected chi connectivity index (χ4v) is 1.98. The van der Waals surface area contributed by atoms with Crippen LogP contribution in [0.5, 0.6) is 0 Å². The highest BCUT2D eigenvalue weighted by Gasteiger charge is 2.44. The van der Waals surface area contributed by atoms with Crippen LogP contribution < -0.4 is 5.32 Å². The summed E-state index contributed by atoms with van der Waals surface area (Å²) in [5, 5.41) is 30.3. The Balaban J connectivity index is 2.79. The van der Waals surface area contributed by atoms with Crippen molar-refractivity contribution >= 4 is 11.9 Å². The second kappa shape index (κ2) is 6.80. The summed E-state index contributed by atoms with van der Waals surface area (Å²) in [5.74, 6) is -2.02. The third kappa shape index (κ3) is 4.13. The maximum Gasteiger partial charge on any atom is 0.329 e. The van der Waals surface area contributed by atoms with Crippen LogP contribution in [0.25, 0.3) is 0 Å². The highest BCUT2D eigenvalue weighted by molar-refractivity contribution is 5.73. The summed E-state index contributed by atoms with van der Waals surface area (Å²) in [6.45, 7) is 1.97. The summed E-state index contributed by atoms with van der Waals surface area (Å²) < 4.78 is 10.4. The van der Waals surface area contributed by atoms with E-state index in [9.17, 15) is 14.7 Å². The number of carbonyl (C=O) groups is 2. The molecule has 0 radical (unpaired) electrons. The van der Waals surface area contributed by atoms with E-state index in [0.29, 0.717) is 0 Å². The number of carbonyl (C=O) groups excluding carboxylic acids is 1. The fraction of sp³-hybridized carbons (Fsp3) is 0.818. The quantitative estimate of drug-likeness (QED) is 0.472. The molecule has 1 heterocycles. The van der Waals surface area contributed by atoms with Crippen molar-refractivity contribution in [1.29, 1.82) is 0 Å². The van der Waals surface area contributed by atoms with Crippen LogP contribution in [-0.2, 0) is 19.1 Å². The summed E-state index contributed by atoms with van der Waals surface area (Å²) in [4.78, 5) is 21.6. The molecule has 0 bridgehead atoms. The first-order chi connectivity index (χ1) is 8.86. The number of carboxylic acids is 1. The van der Waals surface area contributed by atoms with Gasteiger partial charge in [0.15, 0.2) is 6.29 Å². The molecule has 0 aromatic carbocycles. The fourth-order valence-electron chi connectivity index (χ4n) is 1.98. The zero-order valence-corrected chi connectivity index (χ0v) is 10.8. The van der Waals surface area contributed by atoms with Gasteiger partial charge in [0, 0.05) is 12.8 Å². The van der Waals surface area contributed by atoms with Gasteiger partial charge >= 0.3 is 5.97 Å². The van der Waals surface area contributed by atoms with E-state index in [4.69, 9.17) is 19.7 Å². The summed E-state index contributed by atoms with van der Waals surface area (Å²) in [6.07, 6.45) is -2.81. The molecule has 1 aliphatic heterocycles. The number of nitrogens with one attached hydrogen (secondary N) is 1. The van der Waals surface area contributed by atoms with Crippen molar-refractivity contribution in [1.82, 2.24) is 5.32 Å². The molecule has 1 saturated heterocycles. The number of rotatable bonds is 5. The molecule has 1 rings (SSSR count). The third-order valence-electron chi connectivity index (χ3n) is 3.02. The highest BCUT2D eigenvalue weighted by atomic mass is 16.7. The van der Waals surface area contributed by atoms with Crippen molar-refractivity contribution in [3.8, 4) is 0 Å². The number of hydrogen-bond donors (Lipinski definition) is 4. The molecule has 0 aromatic rings. The van der Waals surface area contributed by atoms with E-state index in [1.165, 1.54) is 6.92 Å². The normalized spacial score (nSPS) is 34.8. The van der Waals surface area contributed by atoms with E-state index in [-0.39, 0.29) is 6.61 Å². The number of ether oxygens (including phenoxy) is 2. The Kier molecular flexibility index (Phi) is 5.67. The molecule has 110 valence electrons. The lowest BCUT2D eigenvalue weighted by Gasteiger charge is -2.42. The maximum absolute atomic E-state index is 11.1. The van der Waals surface area contributed by atoms with Gasteiger partial charge in [-0.3, -0.25) is 4.79 Å². The van der Waals surface area contributed by atoms with Gasteiger partial charge in [-0.2, -0.15) is 0 Å².